The molecule has 0 fully saturated rings. The minimum Gasteiger partial charge on any atom is -0.195 e. The van der Waals surface area contributed by atoms with Gasteiger partial charge in [-0.15, -0.1) is 0 Å². The summed E-state index contributed by atoms with van der Waals surface area (Å²) in [4.78, 5) is 0. The number of rotatable bonds is 5. The minimum atomic E-state index is 0.546. The van der Waals surface area contributed by atoms with Gasteiger partial charge in [0.15, 0.2) is 11.0 Å². The summed E-state index contributed by atoms with van der Waals surface area (Å²) in [6, 6.07) is 26.5. The van der Waals surface area contributed by atoms with E-state index in [9.17, 15) is 0 Å². The summed E-state index contributed by atoms with van der Waals surface area (Å²) in [6.45, 7) is 8.99. The molecular weight excluding hydrogens is 340 g/mol. The first kappa shape index (κ1) is 18.5. The molecule has 0 saturated heterocycles. The Morgan fingerprint density at radius 2 is 1.43 bits per heavy atom. The summed E-state index contributed by atoms with van der Waals surface area (Å²) < 4.78 is 4.56. The second kappa shape index (κ2) is 7.63. The van der Waals surface area contributed by atoms with Crippen molar-refractivity contribution in [2.45, 2.75) is 46.0 Å². The van der Waals surface area contributed by atoms with Crippen LogP contribution in [0.4, 0.5) is 0 Å². The monoisotopic (exact) mass is 369 g/mol. The molecule has 0 N–H and O–H groups in total. The predicted molar refractivity (Wildman–Crippen MR) is 118 cm³/mol. The Kier molecular flexibility index (Phi) is 5.04. The van der Waals surface area contributed by atoms with Crippen LogP contribution >= 0.6 is 0 Å². The van der Waals surface area contributed by atoms with Gasteiger partial charge in [-0.3, -0.25) is 0 Å². The lowest BCUT2D eigenvalue weighted by molar-refractivity contribution is -0.567. The van der Waals surface area contributed by atoms with Crippen LogP contribution < -0.4 is 4.57 Å². The second-order valence-electron chi connectivity index (χ2n) is 7.99. The molecule has 1 heterocycles. The van der Waals surface area contributed by atoms with Crippen LogP contribution in [0.15, 0.2) is 79.1 Å². The number of hydrogen-bond acceptors (Lipinski definition) is 0. The van der Waals surface area contributed by atoms with Crippen LogP contribution in [0.1, 0.15) is 57.1 Å². The molecule has 4 aromatic rings. The number of aromatic nitrogens is 2. The maximum absolute atomic E-state index is 2.29. The number of benzene rings is 3. The quantitative estimate of drug-likeness (QED) is 0.353. The summed E-state index contributed by atoms with van der Waals surface area (Å²) in [7, 11) is 0. The molecule has 2 nitrogen and oxygen atoms in total. The van der Waals surface area contributed by atoms with Gasteiger partial charge in [0, 0.05) is 0 Å². The predicted octanol–water partition coefficient (Wildman–Crippen LogP) is 6.54. The molecular formula is C26H29N2+. The zero-order chi connectivity index (χ0) is 19.7. The van der Waals surface area contributed by atoms with Crippen LogP contribution in [0.5, 0.6) is 0 Å². The fourth-order valence-electron chi connectivity index (χ4n) is 3.74. The molecule has 0 spiro atoms. The van der Waals surface area contributed by atoms with E-state index in [0.717, 1.165) is 6.42 Å². The Balaban J connectivity index is 1.80. The van der Waals surface area contributed by atoms with E-state index < -0.39 is 0 Å². The van der Waals surface area contributed by atoms with Gasteiger partial charge in [0.25, 0.3) is 6.33 Å². The fourth-order valence-corrected chi connectivity index (χ4v) is 3.74. The van der Waals surface area contributed by atoms with Crippen molar-refractivity contribution in [1.82, 2.24) is 4.57 Å². The molecule has 1 unspecified atom stereocenters. The van der Waals surface area contributed by atoms with E-state index in [1.807, 2.05) is 0 Å². The van der Waals surface area contributed by atoms with Gasteiger partial charge in [0.2, 0.25) is 0 Å². The topological polar surface area (TPSA) is 8.81 Å². The molecule has 0 aliphatic rings. The van der Waals surface area contributed by atoms with Gasteiger partial charge in [-0.1, -0.05) is 64.1 Å². The lowest BCUT2D eigenvalue weighted by atomic mass is 9.98. The Labute approximate surface area is 168 Å². The van der Waals surface area contributed by atoms with Crippen molar-refractivity contribution in [2.75, 3.05) is 0 Å². The number of nitrogens with zero attached hydrogens (tertiary/aromatic N) is 2. The summed E-state index contributed by atoms with van der Waals surface area (Å²) in [6.07, 6.45) is 3.37. The van der Waals surface area contributed by atoms with E-state index in [-0.39, 0.29) is 0 Å². The average Bonchev–Trinajstić information content (AvgIpc) is 3.13. The molecule has 0 radical (unpaired) electrons. The molecule has 0 aliphatic carbocycles. The molecule has 3 aromatic carbocycles. The number of imidazole rings is 1. The lowest BCUT2D eigenvalue weighted by Crippen LogP contribution is -2.28. The second-order valence-corrected chi connectivity index (χ2v) is 7.99. The normalized spacial score (nSPS) is 12.6. The first-order valence-corrected chi connectivity index (χ1v) is 10.3. The molecule has 1 aromatic heterocycles. The highest BCUT2D eigenvalue weighted by atomic mass is 15.1. The first-order chi connectivity index (χ1) is 13.6. The van der Waals surface area contributed by atoms with Crippen molar-refractivity contribution in [3.63, 3.8) is 0 Å². The Hall–Kier alpha value is -2.87. The third-order valence-electron chi connectivity index (χ3n) is 5.82. The van der Waals surface area contributed by atoms with E-state index >= 15 is 0 Å². The summed E-state index contributed by atoms with van der Waals surface area (Å²) in [5.74, 6) is 1.14. The summed E-state index contributed by atoms with van der Waals surface area (Å²) in [5, 5.41) is 0. The maximum atomic E-state index is 2.29. The van der Waals surface area contributed by atoms with Gasteiger partial charge in [0.1, 0.15) is 11.4 Å². The standard InChI is InChI=1S/C26H29N2/c1-5-20(4)22-12-16-24(17-13-22)28-18-27(25-8-6-7-9-26(25)28)23-14-10-21(11-15-23)19(2)3/h6-20H,5H2,1-4H3/q+1. The van der Waals surface area contributed by atoms with Gasteiger partial charge in [-0.25, -0.2) is 0 Å². The molecule has 0 amide bonds. The SMILES string of the molecule is CCC(C)c1ccc(-[n+]2cn(-c3ccc(C(C)C)cc3)c3ccccc32)cc1. The largest absolute Gasteiger partial charge is 0.255 e. The Morgan fingerprint density at radius 1 is 0.786 bits per heavy atom. The van der Waals surface area contributed by atoms with Crippen LogP contribution in [0, 0.1) is 0 Å². The van der Waals surface area contributed by atoms with Crippen LogP contribution in [0.2, 0.25) is 0 Å². The Morgan fingerprint density at radius 3 is 2.07 bits per heavy atom. The molecule has 2 heteroatoms. The van der Waals surface area contributed by atoms with Crippen LogP contribution in [0.3, 0.4) is 0 Å². The number of para-hydroxylation sites is 2. The summed E-state index contributed by atoms with van der Waals surface area (Å²) >= 11 is 0. The zero-order valence-corrected chi connectivity index (χ0v) is 17.3. The zero-order valence-electron chi connectivity index (χ0n) is 17.3. The van der Waals surface area contributed by atoms with Crippen LogP contribution in [-0.4, -0.2) is 4.57 Å². The Bertz CT molecular complexity index is 1070. The summed E-state index contributed by atoms with van der Waals surface area (Å²) in [5.41, 5.74) is 7.59. The highest BCUT2D eigenvalue weighted by Crippen LogP contribution is 2.23. The molecule has 1 atom stereocenters. The van der Waals surface area contributed by atoms with Crippen molar-refractivity contribution in [1.29, 1.82) is 0 Å². The number of fused-ring (bicyclic) bond motifs is 1. The van der Waals surface area contributed by atoms with Gasteiger partial charge in [0.05, 0.1) is 0 Å². The van der Waals surface area contributed by atoms with E-state index in [4.69, 9.17) is 0 Å². The van der Waals surface area contributed by atoms with E-state index in [1.54, 1.807) is 0 Å². The molecule has 0 bridgehead atoms. The van der Waals surface area contributed by atoms with Crippen molar-refractivity contribution in [3.8, 4) is 11.4 Å². The highest BCUT2D eigenvalue weighted by molar-refractivity contribution is 5.74. The molecule has 0 aliphatic heterocycles. The van der Waals surface area contributed by atoms with Crippen molar-refractivity contribution in [2.24, 2.45) is 0 Å². The van der Waals surface area contributed by atoms with E-state index in [2.05, 4.69) is 116 Å². The number of hydrogen-bond donors (Lipinski definition) is 0. The van der Waals surface area contributed by atoms with Crippen LogP contribution in [-0.2, 0) is 0 Å². The van der Waals surface area contributed by atoms with E-state index in [0.29, 0.717) is 11.8 Å². The van der Waals surface area contributed by atoms with Gasteiger partial charge >= 0.3 is 0 Å². The fraction of sp³-hybridized carbons (Fsp3) is 0.269. The van der Waals surface area contributed by atoms with Crippen molar-refractivity contribution in [3.05, 3.63) is 90.3 Å². The van der Waals surface area contributed by atoms with Gasteiger partial charge in [-0.05, 0) is 65.8 Å². The highest BCUT2D eigenvalue weighted by Gasteiger charge is 2.18. The first-order valence-electron chi connectivity index (χ1n) is 10.3. The maximum Gasteiger partial charge on any atom is 0.255 e. The molecule has 0 saturated carbocycles. The van der Waals surface area contributed by atoms with Gasteiger partial charge in [-0.2, -0.15) is 9.13 Å². The third-order valence-corrected chi connectivity index (χ3v) is 5.82. The average molecular weight is 370 g/mol. The van der Waals surface area contributed by atoms with E-state index in [1.165, 1.54) is 33.5 Å². The minimum absolute atomic E-state index is 0.546. The molecule has 28 heavy (non-hydrogen) atoms. The molecule has 4 rings (SSSR count). The molecule has 142 valence electrons. The third kappa shape index (κ3) is 3.35. The smallest absolute Gasteiger partial charge is 0.195 e. The van der Waals surface area contributed by atoms with Crippen molar-refractivity contribution < 1.29 is 4.57 Å². The van der Waals surface area contributed by atoms with Crippen molar-refractivity contribution >= 4 is 11.0 Å². The van der Waals surface area contributed by atoms with Gasteiger partial charge < -0.3 is 0 Å². The lowest BCUT2D eigenvalue weighted by Gasteiger charge is -2.08. The van der Waals surface area contributed by atoms with Crippen LogP contribution in [0.25, 0.3) is 22.4 Å².